The van der Waals surface area contributed by atoms with Crippen molar-refractivity contribution < 1.29 is 9.90 Å². The standard InChI is InChI=1S/C19H28O2/c1-13-12-15-14(6-4-7-16(15)20)17(13)19(10-11-19)9-5-8-18(2,3)21/h5,9,14-15,21H,4,6-8,10-12H2,1-3H3. The number of allylic oxidation sites excluding steroid dienone is 3. The molecule has 0 saturated heterocycles. The van der Waals surface area contributed by atoms with Crippen molar-refractivity contribution in [2.45, 2.75) is 71.3 Å². The van der Waals surface area contributed by atoms with E-state index in [4.69, 9.17) is 0 Å². The molecule has 1 N–H and O–H groups in total. The van der Waals surface area contributed by atoms with Gasteiger partial charge in [0.25, 0.3) is 0 Å². The largest absolute Gasteiger partial charge is 0.390 e. The first-order valence-electron chi connectivity index (χ1n) is 8.45. The molecule has 3 aliphatic rings. The molecule has 0 aromatic heterocycles. The van der Waals surface area contributed by atoms with Crippen molar-refractivity contribution in [3.05, 3.63) is 23.3 Å². The van der Waals surface area contributed by atoms with Gasteiger partial charge in [-0.2, -0.15) is 0 Å². The Labute approximate surface area is 128 Å². The van der Waals surface area contributed by atoms with Gasteiger partial charge in [-0.05, 0) is 65.2 Å². The van der Waals surface area contributed by atoms with E-state index in [-0.39, 0.29) is 11.3 Å². The normalized spacial score (nSPS) is 31.9. The third-order valence-electron chi connectivity index (χ3n) is 5.57. The van der Waals surface area contributed by atoms with Crippen molar-refractivity contribution in [3.8, 4) is 0 Å². The Kier molecular flexibility index (Phi) is 3.64. The molecule has 0 bridgehead atoms. The second-order valence-electron chi connectivity index (χ2n) is 8.04. The lowest BCUT2D eigenvalue weighted by Crippen LogP contribution is -2.27. The number of Topliss-reactive ketones (excluding diaryl/α,β-unsaturated/α-hetero) is 1. The molecular formula is C19H28O2. The van der Waals surface area contributed by atoms with E-state index in [9.17, 15) is 9.90 Å². The molecule has 116 valence electrons. The van der Waals surface area contributed by atoms with Crippen molar-refractivity contribution in [2.75, 3.05) is 0 Å². The summed E-state index contributed by atoms with van der Waals surface area (Å²) in [7, 11) is 0. The highest BCUT2D eigenvalue weighted by atomic mass is 16.3. The Balaban J connectivity index is 1.79. The van der Waals surface area contributed by atoms with Gasteiger partial charge in [-0.1, -0.05) is 23.3 Å². The number of carbonyl (C=O) groups is 1. The second kappa shape index (κ2) is 5.08. The summed E-state index contributed by atoms with van der Waals surface area (Å²) in [5.74, 6) is 1.30. The zero-order valence-electron chi connectivity index (χ0n) is 13.6. The zero-order chi connectivity index (χ0) is 15.3. The molecule has 2 nitrogen and oxygen atoms in total. The molecule has 2 heteroatoms. The van der Waals surface area contributed by atoms with Crippen LogP contribution in [0.15, 0.2) is 23.3 Å². The second-order valence-corrected chi connectivity index (χ2v) is 8.04. The highest BCUT2D eigenvalue weighted by Crippen LogP contribution is 2.62. The molecule has 0 heterocycles. The van der Waals surface area contributed by atoms with Crippen molar-refractivity contribution in [1.82, 2.24) is 0 Å². The van der Waals surface area contributed by atoms with Crippen LogP contribution in [0.3, 0.4) is 0 Å². The predicted octanol–water partition coefficient (Wildman–Crippen LogP) is 4.19. The van der Waals surface area contributed by atoms with E-state index in [2.05, 4.69) is 19.1 Å². The summed E-state index contributed by atoms with van der Waals surface area (Å²) in [6.45, 7) is 5.95. The average molecular weight is 288 g/mol. The molecular weight excluding hydrogens is 260 g/mol. The van der Waals surface area contributed by atoms with Gasteiger partial charge in [0.15, 0.2) is 0 Å². The fraction of sp³-hybridized carbons (Fsp3) is 0.737. The summed E-state index contributed by atoms with van der Waals surface area (Å²) < 4.78 is 0. The number of hydrogen-bond donors (Lipinski definition) is 1. The number of carbonyl (C=O) groups excluding carboxylic acids is 1. The Morgan fingerprint density at radius 3 is 2.67 bits per heavy atom. The zero-order valence-corrected chi connectivity index (χ0v) is 13.6. The number of ketones is 1. The first-order chi connectivity index (χ1) is 9.82. The topological polar surface area (TPSA) is 37.3 Å². The Hall–Kier alpha value is -0.890. The minimum atomic E-state index is -0.630. The Morgan fingerprint density at radius 1 is 1.33 bits per heavy atom. The maximum absolute atomic E-state index is 12.2. The molecule has 0 radical (unpaired) electrons. The molecule has 21 heavy (non-hydrogen) atoms. The number of hydrogen-bond acceptors (Lipinski definition) is 2. The van der Waals surface area contributed by atoms with E-state index in [1.54, 1.807) is 5.57 Å². The molecule has 3 rings (SSSR count). The summed E-state index contributed by atoms with van der Waals surface area (Å²) in [5, 5.41) is 9.87. The minimum absolute atomic E-state index is 0.229. The van der Waals surface area contributed by atoms with E-state index >= 15 is 0 Å². The van der Waals surface area contributed by atoms with Crippen LogP contribution in [-0.4, -0.2) is 16.5 Å². The lowest BCUT2D eigenvalue weighted by atomic mass is 9.74. The van der Waals surface area contributed by atoms with Gasteiger partial charge < -0.3 is 5.11 Å². The number of fused-ring (bicyclic) bond motifs is 1. The van der Waals surface area contributed by atoms with Crippen molar-refractivity contribution in [1.29, 1.82) is 0 Å². The maximum atomic E-state index is 12.2. The highest BCUT2D eigenvalue weighted by molar-refractivity contribution is 5.83. The third-order valence-corrected chi connectivity index (χ3v) is 5.57. The number of rotatable bonds is 4. The summed E-state index contributed by atoms with van der Waals surface area (Å²) in [6.07, 6.45) is 11.7. The van der Waals surface area contributed by atoms with E-state index in [1.165, 1.54) is 24.8 Å². The van der Waals surface area contributed by atoms with Gasteiger partial charge in [0.1, 0.15) is 5.78 Å². The van der Waals surface area contributed by atoms with Gasteiger partial charge in [0, 0.05) is 17.8 Å². The third kappa shape index (κ3) is 2.88. The van der Waals surface area contributed by atoms with Crippen molar-refractivity contribution in [3.63, 3.8) is 0 Å². The molecule has 0 amide bonds. The fourth-order valence-electron chi connectivity index (χ4n) is 4.49. The minimum Gasteiger partial charge on any atom is -0.390 e. The van der Waals surface area contributed by atoms with Crippen LogP contribution in [0, 0.1) is 17.3 Å². The first kappa shape index (κ1) is 15.0. The van der Waals surface area contributed by atoms with E-state index < -0.39 is 5.60 Å². The maximum Gasteiger partial charge on any atom is 0.136 e. The predicted molar refractivity (Wildman–Crippen MR) is 84.9 cm³/mol. The molecule has 2 fully saturated rings. The molecule has 3 aliphatic carbocycles. The molecule has 0 spiro atoms. The van der Waals surface area contributed by atoms with Gasteiger partial charge >= 0.3 is 0 Å². The lowest BCUT2D eigenvalue weighted by molar-refractivity contribution is -0.125. The van der Waals surface area contributed by atoms with Crippen LogP contribution in [0.2, 0.25) is 0 Å². The van der Waals surface area contributed by atoms with Gasteiger partial charge in [-0.25, -0.2) is 0 Å². The Bertz CT molecular complexity index is 500. The molecule has 0 aromatic carbocycles. The van der Waals surface area contributed by atoms with Crippen molar-refractivity contribution in [2.24, 2.45) is 17.3 Å². The van der Waals surface area contributed by atoms with E-state index in [1.807, 2.05) is 13.8 Å². The smallest absolute Gasteiger partial charge is 0.136 e. The van der Waals surface area contributed by atoms with Gasteiger partial charge in [-0.15, -0.1) is 0 Å². The van der Waals surface area contributed by atoms with Crippen LogP contribution in [-0.2, 0) is 4.79 Å². The van der Waals surface area contributed by atoms with Crippen LogP contribution in [0.25, 0.3) is 0 Å². The quantitative estimate of drug-likeness (QED) is 0.788. The monoisotopic (exact) mass is 288 g/mol. The van der Waals surface area contributed by atoms with Crippen LogP contribution < -0.4 is 0 Å². The van der Waals surface area contributed by atoms with E-state index in [0.717, 1.165) is 19.3 Å². The average Bonchev–Trinajstić information content (AvgIpc) is 3.04. The highest BCUT2D eigenvalue weighted by Gasteiger charge is 2.52. The molecule has 2 saturated carbocycles. The fourth-order valence-corrected chi connectivity index (χ4v) is 4.49. The lowest BCUT2D eigenvalue weighted by Gasteiger charge is -2.29. The van der Waals surface area contributed by atoms with Crippen LogP contribution in [0.5, 0.6) is 0 Å². The summed E-state index contributed by atoms with van der Waals surface area (Å²) in [5.41, 5.74) is 2.67. The SMILES string of the molecule is CC1=C(C2(C=CCC(C)(C)O)CC2)C2CCCC(=O)C2C1. The van der Waals surface area contributed by atoms with Crippen LogP contribution in [0.1, 0.15) is 65.7 Å². The van der Waals surface area contributed by atoms with Crippen LogP contribution in [0.4, 0.5) is 0 Å². The first-order valence-corrected chi connectivity index (χ1v) is 8.45. The Morgan fingerprint density at radius 2 is 2.05 bits per heavy atom. The summed E-state index contributed by atoms with van der Waals surface area (Å²) in [4.78, 5) is 12.2. The summed E-state index contributed by atoms with van der Waals surface area (Å²) >= 11 is 0. The molecule has 0 aliphatic heterocycles. The number of aliphatic hydroxyl groups is 1. The van der Waals surface area contributed by atoms with Crippen LogP contribution >= 0.6 is 0 Å². The van der Waals surface area contributed by atoms with Gasteiger partial charge in [0.05, 0.1) is 5.60 Å². The molecule has 2 unspecified atom stereocenters. The van der Waals surface area contributed by atoms with E-state index in [0.29, 0.717) is 18.1 Å². The van der Waals surface area contributed by atoms with Crippen molar-refractivity contribution >= 4 is 5.78 Å². The van der Waals surface area contributed by atoms with Gasteiger partial charge in [0.2, 0.25) is 0 Å². The van der Waals surface area contributed by atoms with Gasteiger partial charge in [-0.3, -0.25) is 4.79 Å². The molecule has 2 atom stereocenters. The molecule has 0 aromatic rings. The summed E-state index contributed by atoms with van der Waals surface area (Å²) in [6, 6.07) is 0.